The van der Waals surface area contributed by atoms with Gasteiger partial charge in [0, 0.05) is 30.7 Å². The van der Waals surface area contributed by atoms with Crippen LogP contribution in [-0.2, 0) is 4.79 Å². The number of nitrogens with one attached hydrogen (secondary N) is 1. The maximum absolute atomic E-state index is 12.3. The number of halogens is 1. The highest BCUT2D eigenvalue weighted by Crippen LogP contribution is 2.42. The van der Waals surface area contributed by atoms with Crippen LogP contribution in [0, 0.1) is 18.3 Å². The molecule has 1 aliphatic carbocycles. The fourth-order valence-corrected chi connectivity index (χ4v) is 2.93. The predicted molar refractivity (Wildman–Crippen MR) is 89.9 cm³/mol. The summed E-state index contributed by atoms with van der Waals surface area (Å²) in [5.41, 5.74) is 0.729. The standard InChI is InChI=1S/C18H20ClN3O/c1-2-3-11-18(21-22-18)12-10-16(23)20-17(13-4-5-13)14-6-8-15(19)9-7-14/h1,6-9,13,17H,3-5,10-12H2,(H,20,23). The van der Waals surface area contributed by atoms with E-state index in [-0.39, 0.29) is 17.6 Å². The molecule has 1 fully saturated rings. The first kappa shape index (κ1) is 16.0. The Balaban J connectivity index is 1.53. The summed E-state index contributed by atoms with van der Waals surface area (Å²) in [7, 11) is 0. The second-order valence-corrected chi connectivity index (χ2v) is 6.76. The van der Waals surface area contributed by atoms with E-state index in [1.165, 1.54) is 0 Å². The van der Waals surface area contributed by atoms with E-state index in [2.05, 4.69) is 21.5 Å². The molecule has 5 heteroatoms. The fourth-order valence-electron chi connectivity index (χ4n) is 2.80. The van der Waals surface area contributed by atoms with Crippen molar-refractivity contribution in [1.82, 2.24) is 5.32 Å². The van der Waals surface area contributed by atoms with Crippen LogP contribution in [0.15, 0.2) is 34.5 Å². The lowest BCUT2D eigenvalue weighted by molar-refractivity contribution is -0.122. The molecule has 1 aliphatic heterocycles. The Morgan fingerprint density at radius 3 is 2.61 bits per heavy atom. The molecule has 1 heterocycles. The van der Waals surface area contributed by atoms with Gasteiger partial charge in [0.25, 0.3) is 0 Å². The number of terminal acetylenes is 1. The molecule has 0 radical (unpaired) electrons. The normalized spacial score (nSPS) is 19.0. The third kappa shape index (κ3) is 4.33. The molecule has 23 heavy (non-hydrogen) atoms. The first-order chi connectivity index (χ1) is 11.1. The van der Waals surface area contributed by atoms with Crippen molar-refractivity contribution < 1.29 is 4.79 Å². The number of rotatable bonds is 8. The van der Waals surface area contributed by atoms with E-state index in [9.17, 15) is 4.79 Å². The van der Waals surface area contributed by atoms with E-state index in [0.717, 1.165) is 24.8 Å². The van der Waals surface area contributed by atoms with Gasteiger partial charge in [-0.25, -0.2) is 0 Å². The molecule has 1 aromatic carbocycles. The van der Waals surface area contributed by atoms with Crippen molar-refractivity contribution in [2.75, 3.05) is 0 Å². The van der Waals surface area contributed by atoms with E-state index < -0.39 is 0 Å². The van der Waals surface area contributed by atoms with Crippen molar-refractivity contribution in [3.63, 3.8) is 0 Å². The highest BCUT2D eigenvalue weighted by atomic mass is 35.5. The monoisotopic (exact) mass is 329 g/mol. The van der Waals surface area contributed by atoms with Crippen molar-refractivity contribution in [1.29, 1.82) is 0 Å². The molecule has 4 nitrogen and oxygen atoms in total. The molecule has 1 unspecified atom stereocenters. The molecule has 2 aliphatic rings. The Hall–Kier alpha value is -1.86. The van der Waals surface area contributed by atoms with E-state index >= 15 is 0 Å². The Labute approximate surface area is 141 Å². The molecule has 3 rings (SSSR count). The van der Waals surface area contributed by atoms with E-state index in [1.54, 1.807) is 0 Å². The van der Waals surface area contributed by atoms with Crippen LogP contribution in [0.25, 0.3) is 0 Å². The maximum atomic E-state index is 12.3. The molecule has 1 aromatic rings. The summed E-state index contributed by atoms with van der Waals surface area (Å²) in [5.74, 6) is 3.18. The Kier molecular flexibility index (Phi) is 4.68. The maximum Gasteiger partial charge on any atom is 0.220 e. The largest absolute Gasteiger partial charge is 0.349 e. The number of benzene rings is 1. The number of carbonyl (C=O) groups is 1. The van der Waals surface area contributed by atoms with Crippen LogP contribution in [0.5, 0.6) is 0 Å². The molecule has 1 saturated carbocycles. The van der Waals surface area contributed by atoms with E-state index in [1.807, 2.05) is 24.3 Å². The average molecular weight is 330 g/mol. The van der Waals surface area contributed by atoms with Gasteiger partial charge in [0.2, 0.25) is 5.91 Å². The minimum atomic E-state index is -0.390. The number of amides is 1. The van der Waals surface area contributed by atoms with Gasteiger partial charge in [-0.05, 0) is 36.5 Å². The van der Waals surface area contributed by atoms with Crippen LogP contribution in [0.3, 0.4) is 0 Å². The minimum Gasteiger partial charge on any atom is -0.349 e. The van der Waals surface area contributed by atoms with Crippen LogP contribution >= 0.6 is 11.6 Å². The molecule has 1 amide bonds. The van der Waals surface area contributed by atoms with Crippen LogP contribution in [0.1, 0.15) is 50.1 Å². The highest BCUT2D eigenvalue weighted by molar-refractivity contribution is 6.30. The summed E-state index contributed by atoms with van der Waals surface area (Å²) < 4.78 is 0. The van der Waals surface area contributed by atoms with Gasteiger partial charge in [-0.15, -0.1) is 12.3 Å². The number of hydrogen-bond donors (Lipinski definition) is 1. The van der Waals surface area contributed by atoms with Gasteiger partial charge in [-0.2, -0.15) is 10.2 Å². The van der Waals surface area contributed by atoms with Crippen molar-refractivity contribution in [3.05, 3.63) is 34.9 Å². The molecule has 0 saturated heterocycles. The highest BCUT2D eigenvalue weighted by Gasteiger charge is 2.40. The van der Waals surface area contributed by atoms with Gasteiger partial charge in [-0.1, -0.05) is 23.7 Å². The van der Waals surface area contributed by atoms with Gasteiger partial charge >= 0.3 is 0 Å². The van der Waals surface area contributed by atoms with Gasteiger partial charge < -0.3 is 5.32 Å². The zero-order valence-corrected chi connectivity index (χ0v) is 13.7. The van der Waals surface area contributed by atoms with Crippen LogP contribution < -0.4 is 5.32 Å². The molecular weight excluding hydrogens is 310 g/mol. The molecule has 120 valence electrons. The SMILES string of the molecule is C#CCCC1(CCC(=O)NC(c2ccc(Cl)cc2)C2CC2)N=N1. The molecule has 0 bridgehead atoms. The number of hydrogen-bond acceptors (Lipinski definition) is 3. The topological polar surface area (TPSA) is 53.8 Å². The van der Waals surface area contributed by atoms with Crippen molar-refractivity contribution in [2.45, 2.75) is 50.2 Å². The molecule has 0 aromatic heterocycles. The second kappa shape index (κ2) is 6.72. The third-order valence-electron chi connectivity index (χ3n) is 4.44. The van der Waals surface area contributed by atoms with Gasteiger partial charge in [-0.3, -0.25) is 4.79 Å². The van der Waals surface area contributed by atoms with Crippen molar-refractivity contribution in [3.8, 4) is 12.3 Å². The summed E-state index contributed by atoms with van der Waals surface area (Å²) in [5, 5.41) is 12.0. The lowest BCUT2D eigenvalue weighted by atomic mass is 10.00. The van der Waals surface area contributed by atoms with Crippen LogP contribution in [0.2, 0.25) is 5.02 Å². The first-order valence-electron chi connectivity index (χ1n) is 8.04. The molecule has 1 atom stereocenters. The van der Waals surface area contributed by atoms with Gasteiger partial charge in [0.05, 0.1) is 6.04 Å². The quantitative estimate of drug-likeness (QED) is 0.712. The molecule has 0 spiro atoms. The third-order valence-corrected chi connectivity index (χ3v) is 4.70. The summed E-state index contributed by atoms with van der Waals surface area (Å²) in [4.78, 5) is 12.3. The number of carbonyl (C=O) groups excluding carboxylic acids is 1. The summed E-state index contributed by atoms with van der Waals surface area (Å²) in [6.45, 7) is 0. The summed E-state index contributed by atoms with van der Waals surface area (Å²) in [6, 6.07) is 7.80. The minimum absolute atomic E-state index is 0.0502. The molecular formula is C18H20ClN3O. The fraction of sp³-hybridized carbons (Fsp3) is 0.500. The second-order valence-electron chi connectivity index (χ2n) is 6.32. The lowest BCUT2D eigenvalue weighted by Crippen LogP contribution is -2.30. The van der Waals surface area contributed by atoms with Gasteiger partial charge in [0.1, 0.15) is 0 Å². The van der Waals surface area contributed by atoms with E-state index in [0.29, 0.717) is 30.2 Å². The first-order valence-corrected chi connectivity index (χ1v) is 8.42. The van der Waals surface area contributed by atoms with Crippen LogP contribution in [0.4, 0.5) is 0 Å². The number of nitrogens with zero attached hydrogens (tertiary/aromatic N) is 2. The molecule has 1 N–H and O–H groups in total. The average Bonchev–Trinajstić information content (AvgIpc) is 3.45. The Bertz CT molecular complexity index is 637. The Morgan fingerprint density at radius 2 is 2.04 bits per heavy atom. The van der Waals surface area contributed by atoms with Crippen molar-refractivity contribution in [2.24, 2.45) is 16.1 Å². The predicted octanol–water partition coefficient (Wildman–Crippen LogP) is 4.26. The summed E-state index contributed by atoms with van der Waals surface area (Å²) in [6.07, 6.45) is 10.0. The van der Waals surface area contributed by atoms with Crippen LogP contribution in [-0.4, -0.2) is 11.6 Å². The van der Waals surface area contributed by atoms with E-state index in [4.69, 9.17) is 18.0 Å². The van der Waals surface area contributed by atoms with Crippen molar-refractivity contribution >= 4 is 17.5 Å². The van der Waals surface area contributed by atoms with Gasteiger partial charge in [0.15, 0.2) is 5.66 Å². The summed E-state index contributed by atoms with van der Waals surface area (Å²) >= 11 is 5.94. The lowest BCUT2D eigenvalue weighted by Gasteiger charge is -2.19. The zero-order valence-electron chi connectivity index (χ0n) is 13.0. The smallest absolute Gasteiger partial charge is 0.220 e. The zero-order chi connectivity index (χ0) is 16.3. The Morgan fingerprint density at radius 1 is 1.35 bits per heavy atom.